The number of nitrogens with one attached hydrogen (secondary N) is 1. The van der Waals surface area contributed by atoms with Gasteiger partial charge in [0.1, 0.15) is 5.75 Å². The normalized spacial score (nSPS) is 11.3. The molecule has 0 heterocycles. The Hall–Kier alpha value is -1.08. The predicted molar refractivity (Wildman–Crippen MR) is 105 cm³/mol. The van der Waals surface area contributed by atoms with Crippen molar-refractivity contribution in [1.82, 2.24) is 5.32 Å². The van der Waals surface area contributed by atoms with Gasteiger partial charge in [0.05, 0.1) is 15.8 Å². The molecule has 0 unspecified atom stereocenters. The number of hydrogen-bond donors (Lipinski definition) is 1. The largest absolute Gasteiger partial charge is 0.355 e. The molecule has 25 heavy (non-hydrogen) atoms. The van der Waals surface area contributed by atoms with E-state index in [9.17, 15) is 13.2 Å². The van der Waals surface area contributed by atoms with Crippen molar-refractivity contribution in [3.8, 4) is 0 Å². The Morgan fingerprint density at radius 3 is 2.56 bits per heavy atom. The highest BCUT2D eigenvalue weighted by Crippen LogP contribution is 2.25. The lowest BCUT2D eigenvalue weighted by Crippen LogP contribution is -2.32. The van der Waals surface area contributed by atoms with E-state index in [-0.39, 0.29) is 12.3 Å². The van der Waals surface area contributed by atoms with Gasteiger partial charge in [0.15, 0.2) is 9.84 Å². The van der Waals surface area contributed by atoms with Crippen LogP contribution in [0.15, 0.2) is 46.9 Å². The van der Waals surface area contributed by atoms with E-state index < -0.39 is 21.5 Å². The lowest BCUT2D eigenvalue weighted by atomic mass is 10.1. The average molecular weight is 465 g/mol. The van der Waals surface area contributed by atoms with Gasteiger partial charge in [0.2, 0.25) is 5.91 Å². The van der Waals surface area contributed by atoms with Crippen molar-refractivity contribution in [2.45, 2.75) is 12.2 Å². The van der Waals surface area contributed by atoms with Gasteiger partial charge < -0.3 is 5.32 Å². The lowest BCUT2D eigenvalue weighted by Gasteiger charge is -2.08. The Morgan fingerprint density at radius 2 is 1.84 bits per heavy atom. The maximum Gasteiger partial charge on any atom is 0.235 e. The summed E-state index contributed by atoms with van der Waals surface area (Å²) >= 11 is 15.3. The second kappa shape index (κ2) is 9.03. The molecule has 1 N–H and O–H groups in total. The number of benzene rings is 2. The Balaban J connectivity index is 1.85. The summed E-state index contributed by atoms with van der Waals surface area (Å²) in [6.07, 6.45) is 0.469. The Kier molecular flexibility index (Phi) is 7.31. The molecule has 0 fully saturated rings. The van der Waals surface area contributed by atoms with E-state index in [0.29, 0.717) is 22.0 Å². The number of halogens is 3. The fourth-order valence-corrected chi connectivity index (χ4v) is 4.41. The van der Waals surface area contributed by atoms with E-state index in [0.717, 1.165) is 10.0 Å². The van der Waals surface area contributed by atoms with Gasteiger partial charge in [-0.25, -0.2) is 8.42 Å². The third-order valence-corrected chi connectivity index (χ3v) is 6.20. The zero-order valence-electron chi connectivity index (χ0n) is 13.1. The summed E-state index contributed by atoms with van der Waals surface area (Å²) in [5.74, 6) is -1.27. The maximum absolute atomic E-state index is 12.1. The van der Waals surface area contributed by atoms with Gasteiger partial charge in [-0.1, -0.05) is 63.4 Å². The standard InChI is InChI=1S/C17H16BrCl2NO3S/c18-14-5-1-3-12(9-14)10-25(23,24)11-16(22)21-8-7-13-4-2-6-15(19)17(13)20/h1-6,9H,7-8,10-11H2,(H,21,22). The summed E-state index contributed by atoms with van der Waals surface area (Å²) in [6.45, 7) is 0.283. The van der Waals surface area contributed by atoms with Crippen LogP contribution in [0.25, 0.3) is 0 Å². The Labute approximate surface area is 165 Å². The average Bonchev–Trinajstić information content (AvgIpc) is 2.50. The van der Waals surface area contributed by atoms with Crippen molar-refractivity contribution < 1.29 is 13.2 Å². The van der Waals surface area contributed by atoms with Crippen LogP contribution in [0.3, 0.4) is 0 Å². The molecule has 0 atom stereocenters. The number of carbonyl (C=O) groups is 1. The van der Waals surface area contributed by atoms with Gasteiger partial charge >= 0.3 is 0 Å². The molecule has 2 aromatic carbocycles. The molecule has 1 amide bonds. The zero-order valence-corrected chi connectivity index (χ0v) is 17.1. The van der Waals surface area contributed by atoms with E-state index in [2.05, 4.69) is 21.2 Å². The minimum atomic E-state index is -3.54. The lowest BCUT2D eigenvalue weighted by molar-refractivity contribution is -0.118. The highest BCUT2D eigenvalue weighted by Gasteiger charge is 2.17. The first kappa shape index (κ1) is 20.2. The topological polar surface area (TPSA) is 63.2 Å². The van der Waals surface area contributed by atoms with Gasteiger partial charge in [-0.15, -0.1) is 0 Å². The Bertz CT molecular complexity index is 872. The summed E-state index contributed by atoms with van der Waals surface area (Å²) < 4.78 is 25.1. The number of sulfone groups is 1. The van der Waals surface area contributed by atoms with Crippen molar-refractivity contribution in [3.05, 3.63) is 68.1 Å². The van der Waals surface area contributed by atoms with Crippen LogP contribution in [-0.4, -0.2) is 26.6 Å². The van der Waals surface area contributed by atoms with Crippen LogP contribution >= 0.6 is 39.1 Å². The molecule has 0 bridgehead atoms. The van der Waals surface area contributed by atoms with E-state index in [1.807, 2.05) is 12.1 Å². The third-order valence-electron chi connectivity index (χ3n) is 3.37. The zero-order chi connectivity index (χ0) is 18.4. The minimum absolute atomic E-state index is 0.181. The van der Waals surface area contributed by atoms with Gasteiger partial charge in [-0.05, 0) is 35.7 Å². The van der Waals surface area contributed by atoms with Gasteiger partial charge in [-0.3, -0.25) is 4.79 Å². The number of carbonyl (C=O) groups excluding carboxylic acids is 1. The van der Waals surface area contributed by atoms with Crippen LogP contribution in [0.1, 0.15) is 11.1 Å². The molecule has 0 saturated heterocycles. The van der Waals surface area contributed by atoms with Crippen molar-refractivity contribution in [2.24, 2.45) is 0 Å². The molecule has 2 rings (SSSR count). The molecule has 0 radical (unpaired) electrons. The third kappa shape index (κ3) is 6.62. The van der Waals surface area contributed by atoms with Crippen LogP contribution in [0.2, 0.25) is 10.0 Å². The molecule has 0 aromatic heterocycles. The van der Waals surface area contributed by atoms with Gasteiger partial charge in [-0.2, -0.15) is 0 Å². The molecule has 0 spiro atoms. The molecular formula is C17H16BrCl2NO3S. The first-order valence-electron chi connectivity index (χ1n) is 7.41. The summed E-state index contributed by atoms with van der Waals surface area (Å²) in [6, 6.07) is 12.3. The molecule has 4 nitrogen and oxygen atoms in total. The molecule has 0 saturated carbocycles. The van der Waals surface area contributed by atoms with E-state index in [4.69, 9.17) is 23.2 Å². The van der Waals surface area contributed by atoms with Crippen molar-refractivity contribution in [1.29, 1.82) is 0 Å². The smallest absolute Gasteiger partial charge is 0.235 e. The van der Waals surface area contributed by atoms with E-state index in [1.54, 1.807) is 30.3 Å². The van der Waals surface area contributed by atoms with Crippen LogP contribution in [0, 0.1) is 0 Å². The highest BCUT2D eigenvalue weighted by atomic mass is 79.9. The molecule has 0 aliphatic carbocycles. The molecule has 134 valence electrons. The predicted octanol–water partition coefficient (Wildman–Crippen LogP) is 4.03. The monoisotopic (exact) mass is 463 g/mol. The summed E-state index contributed by atoms with van der Waals surface area (Å²) in [5, 5.41) is 3.49. The molecule has 0 aliphatic rings. The fraction of sp³-hybridized carbons (Fsp3) is 0.235. The molecule has 0 aliphatic heterocycles. The number of amides is 1. The van der Waals surface area contributed by atoms with E-state index >= 15 is 0 Å². The Morgan fingerprint density at radius 1 is 1.12 bits per heavy atom. The van der Waals surface area contributed by atoms with Crippen LogP contribution in [0.5, 0.6) is 0 Å². The van der Waals surface area contributed by atoms with Crippen LogP contribution < -0.4 is 5.32 Å². The number of hydrogen-bond acceptors (Lipinski definition) is 3. The van der Waals surface area contributed by atoms with Gasteiger partial charge in [0, 0.05) is 11.0 Å². The van der Waals surface area contributed by atoms with Crippen molar-refractivity contribution >= 4 is 54.9 Å². The minimum Gasteiger partial charge on any atom is -0.355 e. The summed E-state index contributed by atoms with van der Waals surface area (Å²) in [5.41, 5.74) is 1.43. The first-order valence-corrected chi connectivity index (χ1v) is 10.8. The fourth-order valence-electron chi connectivity index (χ4n) is 2.26. The SMILES string of the molecule is O=C(CS(=O)(=O)Cc1cccc(Br)c1)NCCc1cccc(Cl)c1Cl. The van der Waals surface area contributed by atoms with Crippen LogP contribution in [0.4, 0.5) is 0 Å². The quantitative estimate of drug-likeness (QED) is 0.672. The summed E-state index contributed by atoms with van der Waals surface area (Å²) in [7, 11) is -3.54. The second-order valence-electron chi connectivity index (χ2n) is 5.48. The van der Waals surface area contributed by atoms with Crippen molar-refractivity contribution in [2.75, 3.05) is 12.3 Å². The van der Waals surface area contributed by atoms with Gasteiger partial charge in [0.25, 0.3) is 0 Å². The van der Waals surface area contributed by atoms with Crippen LogP contribution in [-0.2, 0) is 26.8 Å². The molecule has 8 heteroatoms. The molecule has 2 aromatic rings. The van der Waals surface area contributed by atoms with E-state index in [1.165, 1.54) is 0 Å². The first-order chi connectivity index (χ1) is 11.8. The molecular weight excluding hydrogens is 449 g/mol. The second-order valence-corrected chi connectivity index (χ2v) is 9.24. The summed E-state index contributed by atoms with van der Waals surface area (Å²) in [4.78, 5) is 11.9. The highest BCUT2D eigenvalue weighted by molar-refractivity contribution is 9.10. The number of rotatable bonds is 7. The maximum atomic E-state index is 12.1. The van der Waals surface area contributed by atoms with Crippen molar-refractivity contribution in [3.63, 3.8) is 0 Å².